The Morgan fingerprint density at radius 3 is 2.17 bits per heavy atom. The molecule has 0 radical (unpaired) electrons. The molecule has 42 heavy (non-hydrogen) atoms. The van der Waals surface area contributed by atoms with Crippen LogP contribution >= 0.6 is 0 Å². The molecule has 2 heterocycles. The summed E-state index contributed by atoms with van der Waals surface area (Å²) in [6, 6.07) is 16.2. The van der Waals surface area contributed by atoms with Gasteiger partial charge in [-0.05, 0) is 59.7 Å². The fourth-order valence-corrected chi connectivity index (χ4v) is 5.24. The maximum Gasteiger partial charge on any atom is 0.490 e. The molecule has 3 aromatic rings. The number of nitrogens with one attached hydrogen (secondary N) is 1. The Hall–Kier alpha value is -4.39. The summed E-state index contributed by atoms with van der Waals surface area (Å²) in [6.45, 7) is 7.27. The Kier molecular flexibility index (Phi) is 9.99. The predicted molar refractivity (Wildman–Crippen MR) is 152 cm³/mol. The van der Waals surface area contributed by atoms with E-state index in [4.69, 9.17) is 9.90 Å². The third kappa shape index (κ3) is 8.09. The molecule has 0 aliphatic carbocycles. The van der Waals surface area contributed by atoms with E-state index in [1.807, 2.05) is 30.9 Å². The molecule has 0 bridgehead atoms. The third-order valence-corrected chi connectivity index (χ3v) is 7.85. The number of sulfonamides is 1. The van der Waals surface area contributed by atoms with E-state index in [9.17, 15) is 31.5 Å². The number of carboxylic acid groups (broad SMARTS) is 2. The van der Waals surface area contributed by atoms with Gasteiger partial charge in [0.1, 0.15) is 11.4 Å². The summed E-state index contributed by atoms with van der Waals surface area (Å²) in [5.74, 6) is -3.31. The van der Waals surface area contributed by atoms with Gasteiger partial charge in [0.25, 0.3) is 10.0 Å². The minimum atomic E-state index is -5.08. The Bertz CT molecular complexity index is 1590. The van der Waals surface area contributed by atoms with Crippen molar-refractivity contribution in [3.05, 3.63) is 89.1 Å². The number of alkyl halides is 3. The van der Waals surface area contributed by atoms with E-state index in [1.165, 1.54) is 29.0 Å². The van der Waals surface area contributed by atoms with Crippen molar-refractivity contribution in [3.8, 4) is 0 Å². The van der Waals surface area contributed by atoms with Gasteiger partial charge in [-0.15, -0.1) is 0 Å². The number of hydrogen-bond acceptors (Lipinski definition) is 6. The molecule has 0 fully saturated rings. The number of aryl methyl sites for hydroxylation is 1. The summed E-state index contributed by atoms with van der Waals surface area (Å²) in [7, 11) is -3.88. The number of hydrogen-bond donors (Lipinski definition) is 3. The molecular weight excluding hydrogens is 575 g/mol. The molecule has 3 N–H and O–H groups in total. The van der Waals surface area contributed by atoms with Crippen molar-refractivity contribution in [2.45, 2.75) is 44.2 Å². The van der Waals surface area contributed by atoms with Crippen LogP contribution in [0.2, 0.25) is 0 Å². The van der Waals surface area contributed by atoms with Gasteiger partial charge < -0.3 is 15.1 Å². The zero-order chi connectivity index (χ0) is 31.2. The molecule has 2 aromatic carbocycles. The number of aromatic carboxylic acids is 1. The summed E-state index contributed by atoms with van der Waals surface area (Å²) in [4.78, 5) is 27.3. The Morgan fingerprint density at radius 1 is 1.05 bits per heavy atom. The number of aromatic nitrogens is 1. The molecule has 1 aliphatic heterocycles. The predicted octanol–water partition coefficient (Wildman–Crippen LogP) is 5.94. The van der Waals surface area contributed by atoms with Gasteiger partial charge in [-0.25, -0.2) is 23.0 Å². The standard InChI is InChI=1S/C27H29N3O4S.C2HF3O2/c1-18(2)20-8-10-23(11-9-20)35(33,34)29-22-16-25(27(31)32)26(28-17-22)30-14-12-21(13-15-30)24-7-5-4-6-19(24)3;3-2(4,5)1(6)7/h4-12,16-18,29H,13-15H2,1-3H3,(H,31,32);(H,6,7). The summed E-state index contributed by atoms with van der Waals surface area (Å²) in [5, 5.41) is 17.0. The summed E-state index contributed by atoms with van der Waals surface area (Å²) in [5.41, 5.74) is 4.71. The molecule has 224 valence electrons. The van der Waals surface area contributed by atoms with Gasteiger partial charge in [-0.1, -0.05) is 56.3 Å². The second kappa shape index (κ2) is 13.1. The highest BCUT2D eigenvalue weighted by Gasteiger charge is 2.38. The van der Waals surface area contributed by atoms with E-state index in [1.54, 1.807) is 24.3 Å². The second-order valence-electron chi connectivity index (χ2n) is 9.77. The van der Waals surface area contributed by atoms with Crippen molar-refractivity contribution < 1.29 is 41.4 Å². The lowest BCUT2D eigenvalue weighted by Crippen LogP contribution is -2.31. The summed E-state index contributed by atoms with van der Waals surface area (Å²) < 4.78 is 59.9. The van der Waals surface area contributed by atoms with Crippen LogP contribution in [0.3, 0.4) is 0 Å². The molecule has 4 rings (SSSR count). The Labute approximate surface area is 241 Å². The van der Waals surface area contributed by atoms with Crippen LogP contribution in [0.4, 0.5) is 24.7 Å². The second-order valence-corrected chi connectivity index (χ2v) is 11.5. The number of anilines is 2. The normalized spacial score (nSPS) is 13.6. The van der Waals surface area contributed by atoms with Crippen LogP contribution in [-0.4, -0.2) is 54.8 Å². The zero-order valence-electron chi connectivity index (χ0n) is 23.0. The van der Waals surface area contributed by atoms with Gasteiger partial charge in [0.15, 0.2) is 0 Å². The lowest BCUT2D eigenvalue weighted by atomic mass is 9.95. The molecule has 0 spiro atoms. The maximum absolute atomic E-state index is 12.8. The first-order chi connectivity index (χ1) is 19.6. The van der Waals surface area contributed by atoms with Crippen molar-refractivity contribution in [3.63, 3.8) is 0 Å². The molecular formula is C29H30F3N3O6S. The molecule has 1 aliphatic rings. The molecule has 0 unspecified atom stereocenters. The van der Waals surface area contributed by atoms with Gasteiger partial charge >= 0.3 is 18.1 Å². The zero-order valence-corrected chi connectivity index (χ0v) is 23.8. The highest BCUT2D eigenvalue weighted by atomic mass is 32.2. The third-order valence-electron chi connectivity index (χ3n) is 6.45. The van der Waals surface area contributed by atoms with E-state index in [-0.39, 0.29) is 22.1 Å². The van der Waals surface area contributed by atoms with Crippen molar-refractivity contribution in [1.29, 1.82) is 0 Å². The quantitative estimate of drug-likeness (QED) is 0.301. The number of rotatable bonds is 7. The molecule has 1 aromatic heterocycles. The number of halogens is 3. The topological polar surface area (TPSA) is 137 Å². The van der Waals surface area contributed by atoms with Gasteiger partial charge in [0, 0.05) is 13.1 Å². The van der Waals surface area contributed by atoms with Crippen molar-refractivity contribution >= 4 is 39.0 Å². The first-order valence-corrected chi connectivity index (χ1v) is 14.2. The minimum Gasteiger partial charge on any atom is -0.478 e. The van der Waals surface area contributed by atoms with Crippen LogP contribution < -0.4 is 9.62 Å². The number of carbonyl (C=O) groups is 2. The minimum absolute atomic E-state index is 0.0481. The van der Waals surface area contributed by atoms with E-state index < -0.39 is 28.1 Å². The number of carboxylic acids is 2. The first-order valence-electron chi connectivity index (χ1n) is 12.8. The highest BCUT2D eigenvalue weighted by molar-refractivity contribution is 7.92. The van der Waals surface area contributed by atoms with E-state index >= 15 is 0 Å². The smallest absolute Gasteiger partial charge is 0.478 e. The maximum atomic E-state index is 12.8. The number of nitrogens with zero attached hydrogens (tertiary/aromatic N) is 2. The average molecular weight is 606 g/mol. The number of benzene rings is 2. The Balaban J connectivity index is 0.000000616. The van der Waals surface area contributed by atoms with Gasteiger partial charge in [-0.2, -0.15) is 13.2 Å². The Morgan fingerprint density at radius 2 is 1.67 bits per heavy atom. The van der Waals surface area contributed by atoms with Crippen LogP contribution in [-0.2, 0) is 14.8 Å². The van der Waals surface area contributed by atoms with Crippen LogP contribution in [0.25, 0.3) is 5.57 Å². The van der Waals surface area contributed by atoms with Gasteiger partial charge in [-0.3, -0.25) is 4.72 Å². The SMILES string of the molecule is Cc1ccccc1C1=CCN(c2ncc(NS(=O)(=O)c3ccc(C(C)C)cc3)cc2C(=O)O)CC1.O=C(O)C(F)(F)F. The van der Waals surface area contributed by atoms with Crippen LogP contribution in [0.5, 0.6) is 0 Å². The van der Waals surface area contributed by atoms with E-state index in [0.717, 1.165) is 12.0 Å². The van der Waals surface area contributed by atoms with Gasteiger partial charge in [0.05, 0.1) is 16.8 Å². The fourth-order valence-electron chi connectivity index (χ4n) is 4.21. The lowest BCUT2D eigenvalue weighted by Gasteiger charge is -2.29. The average Bonchev–Trinajstić information content (AvgIpc) is 2.93. The fraction of sp³-hybridized carbons (Fsp3) is 0.276. The largest absolute Gasteiger partial charge is 0.490 e. The molecule has 0 atom stereocenters. The molecule has 13 heteroatoms. The number of aliphatic carboxylic acids is 1. The monoisotopic (exact) mass is 605 g/mol. The van der Waals surface area contributed by atoms with Crippen molar-refractivity contribution in [1.82, 2.24) is 4.98 Å². The van der Waals surface area contributed by atoms with Crippen LogP contribution in [0, 0.1) is 6.92 Å². The summed E-state index contributed by atoms with van der Waals surface area (Å²) >= 11 is 0. The molecule has 0 amide bonds. The molecule has 0 saturated carbocycles. The van der Waals surface area contributed by atoms with Crippen LogP contribution in [0.15, 0.2) is 71.8 Å². The molecule has 0 saturated heterocycles. The van der Waals surface area contributed by atoms with Crippen molar-refractivity contribution in [2.24, 2.45) is 0 Å². The number of pyridine rings is 1. The highest BCUT2D eigenvalue weighted by Crippen LogP contribution is 2.30. The first kappa shape index (κ1) is 32.1. The van der Waals surface area contributed by atoms with Crippen LogP contribution in [0.1, 0.15) is 53.2 Å². The van der Waals surface area contributed by atoms with Gasteiger partial charge in [0.2, 0.25) is 0 Å². The van der Waals surface area contributed by atoms with Crippen molar-refractivity contribution in [2.75, 3.05) is 22.7 Å². The van der Waals surface area contributed by atoms with E-state index in [2.05, 4.69) is 34.8 Å². The summed E-state index contributed by atoms with van der Waals surface area (Å²) in [6.07, 6.45) is -0.870. The van der Waals surface area contributed by atoms with E-state index in [0.29, 0.717) is 18.9 Å². The lowest BCUT2D eigenvalue weighted by molar-refractivity contribution is -0.192. The molecule has 9 nitrogen and oxygen atoms in total.